The molecule has 170 valence electrons. The largest absolute Gasteiger partial charge is 0.473 e. The highest BCUT2D eigenvalue weighted by Gasteiger charge is 2.60. The second kappa shape index (κ2) is 6.97. The first kappa shape index (κ1) is 20.1. The summed E-state index contributed by atoms with van der Waals surface area (Å²) in [6.45, 7) is 1.87. The van der Waals surface area contributed by atoms with Gasteiger partial charge < -0.3 is 14.4 Å². The van der Waals surface area contributed by atoms with Crippen LogP contribution in [0.3, 0.4) is 0 Å². The number of alkyl halides is 3. The van der Waals surface area contributed by atoms with Gasteiger partial charge in [0.05, 0.1) is 12.1 Å². The van der Waals surface area contributed by atoms with Gasteiger partial charge in [-0.2, -0.15) is 18.2 Å². The van der Waals surface area contributed by atoms with Crippen LogP contribution in [0.2, 0.25) is 0 Å². The standard InChI is InChI=1S/C23H19F3N4O3/c24-23(25,26)18-7-17(5-6-27-18)33-16-3-1-14(2-4-16)12-32-19-8-20-29(21(31)28-19)13-22-9-15(10-22)11-30(20)22/h1-8,15H,9-13H2. The molecule has 3 aliphatic heterocycles. The van der Waals surface area contributed by atoms with Crippen molar-refractivity contribution in [2.45, 2.75) is 37.7 Å². The van der Waals surface area contributed by atoms with Gasteiger partial charge >= 0.3 is 11.9 Å². The monoisotopic (exact) mass is 456 g/mol. The third-order valence-electron chi connectivity index (χ3n) is 6.61. The Morgan fingerprint density at radius 3 is 2.64 bits per heavy atom. The van der Waals surface area contributed by atoms with E-state index in [-0.39, 0.29) is 29.5 Å². The van der Waals surface area contributed by atoms with Crippen LogP contribution in [-0.2, 0) is 19.3 Å². The van der Waals surface area contributed by atoms with Crippen LogP contribution in [0.1, 0.15) is 24.1 Å². The molecule has 0 N–H and O–H groups in total. The summed E-state index contributed by atoms with van der Waals surface area (Å²) in [6.07, 6.45) is -1.21. The van der Waals surface area contributed by atoms with Gasteiger partial charge in [0.15, 0.2) is 0 Å². The Kier molecular flexibility index (Phi) is 4.24. The molecule has 0 amide bonds. The molecule has 1 saturated carbocycles. The summed E-state index contributed by atoms with van der Waals surface area (Å²) in [5.74, 6) is 2.31. The molecule has 3 aromatic rings. The van der Waals surface area contributed by atoms with E-state index in [9.17, 15) is 18.0 Å². The van der Waals surface area contributed by atoms with Crippen LogP contribution in [0.15, 0.2) is 53.5 Å². The van der Waals surface area contributed by atoms with E-state index >= 15 is 0 Å². The number of halogens is 3. The maximum atomic E-state index is 12.8. The molecule has 4 aliphatic rings. The lowest BCUT2D eigenvalue weighted by Gasteiger charge is -2.37. The molecular formula is C23H19F3N4O3. The molecule has 2 saturated heterocycles. The van der Waals surface area contributed by atoms with Gasteiger partial charge in [-0.3, -0.25) is 9.55 Å². The Balaban J connectivity index is 1.12. The number of hydrogen-bond acceptors (Lipinski definition) is 6. The van der Waals surface area contributed by atoms with E-state index in [0.29, 0.717) is 12.3 Å². The van der Waals surface area contributed by atoms with Gasteiger partial charge in [0, 0.05) is 24.9 Å². The van der Waals surface area contributed by atoms with Crippen LogP contribution in [0.5, 0.6) is 17.4 Å². The van der Waals surface area contributed by atoms with E-state index in [2.05, 4.69) is 14.9 Å². The number of fused-ring (bicyclic) bond motifs is 1. The second-order valence-electron chi connectivity index (χ2n) is 8.84. The Labute approximate surface area is 186 Å². The van der Waals surface area contributed by atoms with Crippen LogP contribution in [0, 0.1) is 5.92 Å². The van der Waals surface area contributed by atoms with Gasteiger partial charge in [-0.1, -0.05) is 12.1 Å². The van der Waals surface area contributed by atoms with Crippen molar-refractivity contribution < 1.29 is 22.6 Å². The quantitative estimate of drug-likeness (QED) is 0.578. The molecule has 5 heterocycles. The number of anilines is 1. The molecule has 3 fully saturated rings. The molecule has 33 heavy (non-hydrogen) atoms. The zero-order valence-corrected chi connectivity index (χ0v) is 17.4. The highest BCUT2D eigenvalue weighted by Crippen LogP contribution is 2.56. The number of nitrogens with zero attached hydrogens (tertiary/aromatic N) is 4. The van der Waals surface area contributed by atoms with Crippen LogP contribution in [-0.4, -0.2) is 26.6 Å². The fraction of sp³-hybridized carbons (Fsp3) is 0.348. The Morgan fingerprint density at radius 2 is 1.88 bits per heavy atom. The van der Waals surface area contributed by atoms with E-state index in [0.717, 1.165) is 48.9 Å². The highest BCUT2D eigenvalue weighted by atomic mass is 19.4. The normalized spacial score (nSPS) is 22.5. The van der Waals surface area contributed by atoms with Crippen molar-refractivity contribution >= 4 is 5.82 Å². The van der Waals surface area contributed by atoms with Crippen molar-refractivity contribution in [1.82, 2.24) is 14.5 Å². The zero-order valence-electron chi connectivity index (χ0n) is 17.4. The SMILES string of the molecule is O=c1nc(OCc2ccc(Oc3ccnc(C(F)(F)F)c3)cc2)cc2n1CC13CC(CN21)C3. The topological polar surface area (TPSA) is 69.5 Å². The molecule has 7 nitrogen and oxygen atoms in total. The van der Waals surface area contributed by atoms with Gasteiger partial charge in [0.25, 0.3) is 0 Å². The molecule has 7 rings (SSSR count). The lowest BCUT2D eigenvalue weighted by atomic mass is 9.74. The van der Waals surface area contributed by atoms with E-state index in [1.807, 2.05) is 6.07 Å². The van der Waals surface area contributed by atoms with E-state index in [1.54, 1.807) is 28.8 Å². The molecular weight excluding hydrogens is 437 g/mol. The minimum Gasteiger partial charge on any atom is -0.473 e. The van der Waals surface area contributed by atoms with Gasteiger partial charge in [-0.15, -0.1) is 0 Å². The van der Waals surface area contributed by atoms with Crippen molar-refractivity contribution in [3.8, 4) is 17.4 Å². The number of ether oxygens (including phenoxy) is 2. The highest BCUT2D eigenvalue weighted by molar-refractivity contribution is 5.54. The first-order chi connectivity index (χ1) is 15.8. The van der Waals surface area contributed by atoms with Crippen molar-refractivity contribution in [3.63, 3.8) is 0 Å². The molecule has 2 bridgehead atoms. The molecule has 1 spiro atoms. The third-order valence-corrected chi connectivity index (χ3v) is 6.61. The first-order valence-corrected chi connectivity index (χ1v) is 10.6. The van der Waals surface area contributed by atoms with Crippen LogP contribution >= 0.6 is 0 Å². The minimum absolute atomic E-state index is 0.0433. The number of rotatable bonds is 5. The lowest BCUT2D eigenvalue weighted by Crippen LogP contribution is -2.44. The Bertz CT molecular complexity index is 1280. The lowest BCUT2D eigenvalue weighted by molar-refractivity contribution is -0.141. The number of pyridine rings is 1. The van der Waals surface area contributed by atoms with E-state index < -0.39 is 11.9 Å². The van der Waals surface area contributed by atoms with Gasteiger partial charge in [0.2, 0.25) is 5.88 Å². The summed E-state index contributed by atoms with van der Waals surface area (Å²) in [6, 6.07) is 10.8. The van der Waals surface area contributed by atoms with Crippen molar-refractivity contribution in [2.24, 2.45) is 5.92 Å². The minimum atomic E-state index is -4.54. The number of aromatic nitrogens is 3. The molecule has 1 aliphatic carbocycles. The fourth-order valence-corrected chi connectivity index (χ4v) is 5.16. The summed E-state index contributed by atoms with van der Waals surface area (Å²) in [5.41, 5.74) is -0.410. The first-order valence-electron chi connectivity index (χ1n) is 10.6. The predicted octanol–water partition coefficient (Wildman–Crippen LogP) is 4.01. The summed E-state index contributed by atoms with van der Waals surface area (Å²) in [5, 5.41) is 0. The molecule has 1 aromatic carbocycles. The Morgan fingerprint density at radius 1 is 1.09 bits per heavy atom. The predicted molar refractivity (Wildman–Crippen MR) is 111 cm³/mol. The average molecular weight is 456 g/mol. The maximum Gasteiger partial charge on any atom is 0.433 e. The van der Waals surface area contributed by atoms with Crippen molar-refractivity contribution in [1.29, 1.82) is 0 Å². The molecule has 0 atom stereocenters. The van der Waals surface area contributed by atoms with Gasteiger partial charge in [-0.25, -0.2) is 4.79 Å². The van der Waals surface area contributed by atoms with E-state index in [1.165, 1.54) is 6.07 Å². The molecule has 0 radical (unpaired) electrons. The fourth-order valence-electron chi connectivity index (χ4n) is 5.16. The summed E-state index contributed by atoms with van der Waals surface area (Å²) >= 11 is 0. The van der Waals surface area contributed by atoms with Crippen LogP contribution in [0.4, 0.5) is 19.0 Å². The summed E-state index contributed by atoms with van der Waals surface area (Å²) in [7, 11) is 0. The smallest absolute Gasteiger partial charge is 0.433 e. The van der Waals surface area contributed by atoms with Crippen molar-refractivity contribution in [2.75, 3.05) is 11.4 Å². The van der Waals surface area contributed by atoms with Gasteiger partial charge in [0.1, 0.15) is 29.6 Å². The van der Waals surface area contributed by atoms with Crippen LogP contribution < -0.4 is 20.1 Å². The third kappa shape index (κ3) is 3.40. The molecule has 2 aromatic heterocycles. The maximum absolute atomic E-state index is 12.8. The molecule has 0 unspecified atom stereocenters. The van der Waals surface area contributed by atoms with E-state index in [4.69, 9.17) is 9.47 Å². The average Bonchev–Trinajstić information content (AvgIpc) is 3.39. The summed E-state index contributed by atoms with van der Waals surface area (Å²) < 4.78 is 51.4. The molecule has 10 heteroatoms. The Hall–Kier alpha value is -3.56. The van der Waals surface area contributed by atoms with Gasteiger partial charge in [-0.05, 0) is 42.5 Å². The summed E-state index contributed by atoms with van der Waals surface area (Å²) in [4.78, 5) is 22.2. The number of benzene rings is 1. The van der Waals surface area contributed by atoms with Crippen molar-refractivity contribution in [3.05, 3.63) is 70.4 Å². The van der Waals surface area contributed by atoms with Crippen LogP contribution in [0.25, 0.3) is 0 Å². The number of hydrogen-bond donors (Lipinski definition) is 0. The zero-order chi connectivity index (χ0) is 22.8. The second-order valence-corrected chi connectivity index (χ2v) is 8.84.